The number of hydrogen-bond donors (Lipinski definition) is 0. The summed E-state index contributed by atoms with van der Waals surface area (Å²) in [5.74, 6) is -0.146. The van der Waals surface area contributed by atoms with Crippen LogP contribution in [0.5, 0.6) is 0 Å². The molecular weight excluding hydrogens is 358 g/mol. The number of fused-ring (bicyclic) bond motifs is 1. The molecule has 2 aromatic carbocycles. The van der Waals surface area contributed by atoms with Gasteiger partial charge < -0.3 is 0 Å². The van der Waals surface area contributed by atoms with Gasteiger partial charge in [0.25, 0.3) is 5.91 Å². The summed E-state index contributed by atoms with van der Waals surface area (Å²) >= 11 is 7.44. The van der Waals surface area contributed by atoms with Crippen LogP contribution < -0.4 is 4.90 Å². The summed E-state index contributed by atoms with van der Waals surface area (Å²) in [4.78, 5) is 18.9. The third kappa shape index (κ3) is 2.99. The van der Waals surface area contributed by atoms with E-state index in [1.54, 1.807) is 47.2 Å². The van der Waals surface area contributed by atoms with Crippen molar-refractivity contribution < 1.29 is 4.79 Å². The molecule has 0 aliphatic rings. The van der Waals surface area contributed by atoms with Gasteiger partial charge in [0.15, 0.2) is 5.13 Å². The lowest BCUT2D eigenvalue weighted by molar-refractivity contribution is 0.0993. The van der Waals surface area contributed by atoms with Crippen LogP contribution in [-0.2, 0) is 0 Å². The van der Waals surface area contributed by atoms with Gasteiger partial charge >= 0.3 is 0 Å². The zero-order valence-corrected chi connectivity index (χ0v) is 14.7. The standard InChI is InChI=1S/C17H12ClN5OS/c1-22(17-20-14-6-5-12(18)10-15(14)25-17)16(24)11-3-2-4-13(9-11)23-8-7-19-21-23/h2-10H,1H3. The number of hydrogen-bond acceptors (Lipinski definition) is 5. The van der Waals surface area contributed by atoms with Gasteiger partial charge in [0, 0.05) is 17.6 Å². The topological polar surface area (TPSA) is 63.9 Å². The van der Waals surface area contributed by atoms with Crippen LogP contribution in [-0.4, -0.2) is 32.9 Å². The van der Waals surface area contributed by atoms with Crippen molar-refractivity contribution in [2.45, 2.75) is 0 Å². The van der Waals surface area contributed by atoms with E-state index < -0.39 is 0 Å². The normalized spacial score (nSPS) is 11.0. The second kappa shape index (κ2) is 6.27. The third-order valence-corrected chi connectivity index (χ3v) is 5.04. The van der Waals surface area contributed by atoms with E-state index in [2.05, 4.69) is 15.3 Å². The highest BCUT2D eigenvalue weighted by Gasteiger charge is 2.18. The Hall–Kier alpha value is -2.77. The van der Waals surface area contributed by atoms with Gasteiger partial charge in [-0.25, -0.2) is 9.67 Å². The van der Waals surface area contributed by atoms with E-state index >= 15 is 0 Å². The molecule has 0 atom stereocenters. The van der Waals surface area contributed by atoms with Crippen molar-refractivity contribution >= 4 is 44.2 Å². The van der Waals surface area contributed by atoms with E-state index in [0.29, 0.717) is 15.7 Å². The van der Waals surface area contributed by atoms with Gasteiger partial charge in [-0.1, -0.05) is 34.2 Å². The maximum Gasteiger partial charge on any atom is 0.259 e. The molecule has 0 unspecified atom stereocenters. The SMILES string of the molecule is CN(C(=O)c1cccc(-n2ccnn2)c1)c1nc2ccc(Cl)cc2s1. The molecule has 8 heteroatoms. The van der Waals surface area contributed by atoms with E-state index in [-0.39, 0.29) is 5.91 Å². The molecule has 0 radical (unpaired) electrons. The van der Waals surface area contributed by atoms with Crippen molar-refractivity contribution in [3.8, 4) is 5.69 Å². The average Bonchev–Trinajstić information content (AvgIpc) is 3.29. The van der Waals surface area contributed by atoms with Crippen molar-refractivity contribution in [3.63, 3.8) is 0 Å². The summed E-state index contributed by atoms with van der Waals surface area (Å²) in [6.45, 7) is 0. The van der Waals surface area contributed by atoms with Crippen molar-refractivity contribution in [2.75, 3.05) is 11.9 Å². The summed E-state index contributed by atoms with van der Waals surface area (Å²) in [6, 6.07) is 12.7. The summed E-state index contributed by atoms with van der Waals surface area (Å²) in [5, 5.41) is 9.00. The Labute approximate surface area is 152 Å². The molecule has 0 saturated heterocycles. The molecule has 0 spiro atoms. The molecule has 0 aliphatic carbocycles. The largest absolute Gasteiger partial charge is 0.287 e. The van der Waals surface area contributed by atoms with Gasteiger partial charge in [-0.2, -0.15) is 0 Å². The molecular formula is C17H12ClN5OS. The first-order valence-corrected chi connectivity index (χ1v) is 8.62. The molecule has 0 saturated carbocycles. The lowest BCUT2D eigenvalue weighted by atomic mass is 10.2. The third-order valence-electron chi connectivity index (χ3n) is 3.71. The number of anilines is 1. The maximum atomic E-state index is 12.8. The van der Waals surface area contributed by atoms with Crippen LogP contribution in [0.3, 0.4) is 0 Å². The fraction of sp³-hybridized carbons (Fsp3) is 0.0588. The Kier molecular flexibility index (Phi) is 3.95. The highest BCUT2D eigenvalue weighted by molar-refractivity contribution is 7.22. The van der Waals surface area contributed by atoms with Crippen LogP contribution in [0.1, 0.15) is 10.4 Å². The van der Waals surface area contributed by atoms with Crippen LogP contribution in [0.2, 0.25) is 5.02 Å². The zero-order chi connectivity index (χ0) is 17.4. The lowest BCUT2D eigenvalue weighted by Gasteiger charge is -2.14. The first-order valence-electron chi connectivity index (χ1n) is 7.43. The quantitative estimate of drug-likeness (QED) is 0.551. The average molecular weight is 370 g/mol. The molecule has 4 rings (SSSR count). The van der Waals surface area contributed by atoms with E-state index in [1.807, 2.05) is 24.3 Å². The Morgan fingerprint density at radius 1 is 1.24 bits per heavy atom. The van der Waals surface area contributed by atoms with Gasteiger partial charge in [-0.3, -0.25) is 9.69 Å². The number of rotatable bonds is 3. The van der Waals surface area contributed by atoms with E-state index in [0.717, 1.165) is 15.9 Å². The highest BCUT2D eigenvalue weighted by Crippen LogP contribution is 2.30. The van der Waals surface area contributed by atoms with Crippen molar-refractivity contribution in [2.24, 2.45) is 0 Å². The minimum Gasteiger partial charge on any atom is -0.287 e. The van der Waals surface area contributed by atoms with Gasteiger partial charge in [0.2, 0.25) is 0 Å². The first-order chi connectivity index (χ1) is 12.1. The monoisotopic (exact) mass is 369 g/mol. The minimum absolute atomic E-state index is 0.146. The van der Waals surface area contributed by atoms with Crippen molar-refractivity contribution in [3.05, 3.63) is 65.4 Å². The Morgan fingerprint density at radius 2 is 2.12 bits per heavy atom. The highest BCUT2D eigenvalue weighted by atomic mass is 35.5. The van der Waals surface area contributed by atoms with Gasteiger partial charge in [0.1, 0.15) is 0 Å². The molecule has 2 aromatic heterocycles. The Morgan fingerprint density at radius 3 is 2.92 bits per heavy atom. The number of benzene rings is 2. The number of carbonyl (C=O) groups excluding carboxylic acids is 1. The van der Waals surface area contributed by atoms with Crippen LogP contribution >= 0.6 is 22.9 Å². The second-order valence-electron chi connectivity index (χ2n) is 5.37. The summed E-state index contributed by atoms with van der Waals surface area (Å²) in [5.41, 5.74) is 2.14. The smallest absolute Gasteiger partial charge is 0.259 e. The number of amides is 1. The van der Waals surface area contributed by atoms with Crippen molar-refractivity contribution in [1.82, 2.24) is 20.0 Å². The predicted molar refractivity (Wildman–Crippen MR) is 98.7 cm³/mol. The maximum absolute atomic E-state index is 12.8. The summed E-state index contributed by atoms with van der Waals surface area (Å²) < 4.78 is 2.55. The van der Waals surface area contributed by atoms with E-state index in [1.165, 1.54) is 11.3 Å². The second-order valence-corrected chi connectivity index (χ2v) is 6.82. The molecule has 4 aromatic rings. The molecule has 6 nitrogen and oxygen atoms in total. The molecule has 1 amide bonds. The van der Waals surface area contributed by atoms with Crippen LogP contribution in [0.15, 0.2) is 54.9 Å². The van der Waals surface area contributed by atoms with Crippen LogP contribution in [0, 0.1) is 0 Å². The molecule has 0 fully saturated rings. The lowest BCUT2D eigenvalue weighted by Crippen LogP contribution is -2.26. The van der Waals surface area contributed by atoms with E-state index in [9.17, 15) is 4.79 Å². The molecule has 0 N–H and O–H groups in total. The molecule has 124 valence electrons. The fourth-order valence-electron chi connectivity index (χ4n) is 2.44. The van der Waals surface area contributed by atoms with Gasteiger partial charge in [-0.15, -0.1) is 5.10 Å². The van der Waals surface area contributed by atoms with Gasteiger partial charge in [-0.05, 0) is 36.4 Å². The number of carbonyl (C=O) groups is 1. The summed E-state index contributed by atoms with van der Waals surface area (Å²) in [7, 11) is 1.71. The van der Waals surface area contributed by atoms with Crippen molar-refractivity contribution in [1.29, 1.82) is 0 Å². The zero-order valence-electron chi connectivity index (χ0n) is 13.1. The Balaban J connectivity index is 1.66. The number of thiazole rings is 1. The fourth-order valence-corrected chi connectivity index (χ4v) is 3.64. The number of nitrogens with zero attached hydrogens (tertiary/aromatic N) is 5. The minimum atomic E-state index is -0.146. The van der Waals surface area contributed by atoms with Crippen LogP contribution in [0.4, 0.5) is 5.13 Å². The Bertz CT molecular complexity index is 1060. The van der Waals surface area contributed by atoms with Crippen LogP contribution in [0.25, 0.3) is 15.9 Å². The molecule has 0 bridgehead atoms. The number of aromatic nitrogens is 4. The molecule has 0 aliphatic heterocycles. The molecule has 2 heterocycles. The molecule has 25 heavy (non-hydrogen) atoms. The predicted octanol–water partition coefficient (Wildman–Crippen LogP) is 3.81. The first kappa shape index (κ1) is 15.7. The van der Waals surface area contributed by atoms with Gasteiger partial charge in [0.05, 0.1) is 28.3 Å². The summed E-state index contributed by atoms with van der Waals surface area (Å²) in [6.07, 6.45) is 3.32. The van der Waals surface area contributed by atoms with E-state index in [4.69, 9.17) is 11.6 Å². The number of halogens is 1.